The molecule has 1 aliphatic heterocycles. The summed E-state index contributed by atoms with van der Waals surface area (Å²) in [5.41, 5.74) is 0.796. The number of thiazole rings is 1. The van der Waals surface area contributed by atoms with E-state index in [9.17, 15) is 9.59 Å². The molecule has 1 aliphatic rings. The lowest BCUT2D eigenvalue weighted by molar-refractivity contribution is 0.0732. The molecule has 2 aromatic rings. The van der Waals surface area contributed by atoms with Crippen molar-refractivity contribution < 1.29 is 9.59 Å². The maximum Gasteiger partial charge on any atom is 0.273 e. The molecule has 8 heteroatoms. The molecule has 1 unspecified atom stereocenters. The number of likely N-dealkylation sites (N-methyl/N-ethyl adjacent to an activating group) is 2. The summed E-state index contributed by atoms with van der Waals surface area (Å²) < 4.78 is 0. The van der Waals surface area contributed by atoms with Crippen LogP contribution in [-0.2, 0) is 0 Å². The fourth-order valence-electron chi connectivity index (χ4n) is 2.80. The van der Waals surface area contributed by atoms with Gasteiger partial charge in [-0.1, -0.05) is 17.7 Å². The minimum absolute atomic E-state index is 0.125. The summed E-state index contributed by atoms with van der Waals surface area (Å²) in [7, 11) is 3.85. The first-order valence-corrected chi connectivity index (χ1v) is 9.18. The van der Waals surface area contributed by atoms with E-state index in [0.29, 0.717) is 21.4 Å². The number of rotatable bonds is 4. The molecule has 0 saturated carbocycles. The molecule has 1 aromatic carbocycles. The van der Waals surface area contributed by atoms with Gasteiger partial charge in [0.25, 0.3) is 11.8 Å². The first-order chi connectivity index (χ1) is 11.9. The van der Waals surface area contributed by atoms with Gasteiger partial charge in [-0.2, -0.15) is 0 Å². The largest absolute Gasteiger partial charge is 0.336 e. The Morgan fingerprint density at radius 3 is 2.92 bits per heavy atom. The second-order valence-corrected chi connectivity index (χ2v) is 7.42. The van der Waals surface area contributed by atoms with Crippen LogP contribution in [0.5, 0.6) is 0 Å². The van der Waals surface area contributed by atoms with Crippen molar-refractivity contribution in [1.29, 1.82) is 0 Å². The topological polar surface area (TPSA) is 65.5 Å². The summed E-state index contributed by atoms with van der Waals surface area (Å²) >= 11 is 7.13. The molecule has 0 bridgehead atoms. The zero-order valence-corrected chi connectivity index (χ0v) is 15.6. The van der Waals surface area contributed by atoms with Crippen LogP contribution >= 0.6 is 22.9 Å². The molecule has 1 N–H and O–H groups in total. The van der Waals surface area contributed by atoms with Crippen LogP contribution in [0.25, 0.3) is 0 Å². The third kappa shape index (κ3) is 4.18. The van der Waals surface area contributed by atoms with Crippen LogP contribution in [0.15, 0.2) is 29.6 Å². The van der Waals surface area contributed by atoms with E-state index in [1.165, 1.54) is 11.3 Å². The van der Waals surface area contributed by atoms with Crippen molar-refractivity contribution in [3.05, 3.63) is 45.9 Å². The maximum absolute atomic E-state index is 12.6. The fraction of sp³-hybridized carbons (Fsp3) is 0.353. The molecule has 2 heterocycles. The molecular weight excluding hydrogens is 360 g/mol. The van der Waals surface area contributed by atoms with E-state index in [1.807, 2.05) is 7.05 Å². The number of carbonyl (C=O) groups excluding carboxylic acids is 2. The first-order valence-electron chi connectivity index (χ1n) is 7.92. The van der Waals surface area contributed by atoms with Gasteiger partial charge in [-0.05, 0) is 38.2 Å². The molecule has 1 aromatic heterocycles. The van der Waals surface area contributed by atoms with Gasteiger partial charge in [0.2, 0.25) is 0 Å². The smallest absolute Gasteiger partial charge is 0.273 e. The summed E-state index contributed by atoms with van der Waals surface area (Å²) in [4.78, 5) is 33.0. The summed E-state index contributed by atoms with van der Waals surface area (Å²) in [6, 6.07) is 6.87. The van der Waals surface area contributed by atoms with Crippen molar-refractivity contribution in [2.75, 3.05) is 32.5 Å². The number of hydrogen-bond donors (Lipinski definition) is 1. The van der Waals surface area contributed by atoms with Gasteiger partial charge in [0.1, 0.15) is 5.69 Å². The molecule has 25 heavy (non-hydrogen) atoms. The Hall–Kier alpha value is -1.96. The quantitative estimate of drug-likeness (QED) is 0.888. The second kappa shape index (κ2) is 7.51. The van der Waals surface area contributed by atoms with Crippen molar-refractivity contribution in [1.82, 2.24) is 14.8 Å². The van der Waals surface area contributed by atoms with E-state index >= 15 is 0 Å². The van der Waals surface area contributed by atoms with Crippen molar-refractivity contribution in [2.24, 2.45) is 0 Å². The molecule has 1 saturated heterocycles. The Morgan fingerprint density at radius 1 is 1.44 bits per heavy atom. The molecule has 0 spiro atoms. The van der Waals surface area contributed by atoms with Crippen LogP contribution in [0.4, 0.5) is 5.13 Å². The summed E-state index contributed by atoms with van der Waals surface area (Å²) in [5.74, 6) is -0.429. The Bertz CT molecular complexity index is 794. The molecule has 6 nitrogen and oxygen atoms in total. The lowest BCUT2D eigenvalue weighted by atomic mass is 10.2. The van der Waals surface area contributed by atoms with Crippen molar-refractivity contribution in [3.63, 3.8) is 0 Å². The first kappa shape index (κ1) is 17.8. The molecular formula is C17H19ClN4O2S. The normalized spacial score (nSPS) is 17.5. The zero-order chi connectivity index (χ0) is 18.0. The third-order valence-corrected chi connectivity index (χ3v) is 5.26. The van der Waals surface area contributed by atoms with Crippen molar-refractivity contribution >= 4 is 39.9 Å². The number of halogens is 1. The van der Waals surface area contributed by atoms with E-state index in [4.69, 9.17) is 11.6 Å². The molecule has 1 fully saturated rings. The summed E-state index contributed by atoms with van der Waals surface area (Å²) in [5, 5.41) is 5.26. The Balaban J connectivity index is 1.65. The van der Waals surface area contributed by atoms with E-state index in [1.54, 1.807) is 41.6 Å². The molecule has 2 amide bonds. The molecule has 3 rings (SSSR count). The average molecular weight is 379 g/mol. The fourth-order valence-corrected chi connectivity index (χ4v) is 3.67. The predicted molar refractivity (Wildman–Crippen MR) is 99.5 cm³/mol. The van der Waals surface area contributed by atoms with Crippen LogP contribution in [0.1, 0.15) is 27.3 Å². The zero-order valence-electron chi connectivity index (χ0n) is 14.0. The van der Waals surface area contributed by atoms with Gasteiger partial charge in [-0.25, -0.2) is 4.98 Å². The highest BCUT2D eigenvalue weighted by Crippen LogP contribution is 2.21. The Morgan fingerprint density at radius 2 is 2.24 bits per heavy atom. The van der Waals surface area contributed by atoms with Crippen molar-refractivity contribution in [2.45, 2.75) is 12.5 Å². The van der Waals surface area contributed by atoms with Gasteiger partial charge < -0.3 is 9.80 Å². The van der Waals surface area contributed by atoms with Gasteiger partial charge in [-0.15, -0.1) is 11.3 Å². The number of amides is 2. The van der Waals surface area contributed by atoms with Crippen LogP contribution < -0.4 is 5.32 Å². The van der Waals surface area contributed by atoms with Crippen molar-refractivity contribution in [3.8, 4) is 0 Å². The van der Waals surface area contributed by atoms with Gasteiger partial charge in [-0.3, -0.25) is 14.9 Å². The van der Waals surface area contributed by atoms with Crippen LogP contribution in [0.2, 0.25) is 5.02 Å². The highest BCUT2D eigenvalue weighted by Gasteiger charge is 2.28. The number of likely N-dealkylation sites (tertiary alicyclic amines) is 1. The van der Waals surface area contributed by atoms with Gasteiger partial charge >= 0.3 is 0 Å². The number of nitrogens with zero attached hydrogens (tertiary/aromatic N) is 3. The van der Waals surface area contributed by atoms with Crippen LogP contribution in [-0.4, -0.2) is 59.8 Å². The number of benzene rings is 1. The second-order valence-electron chi connectivity index (χ2n) is 6.12. The number of carbonyl (C=O) groups is 2. The number of aromatic nitrogens is 1. The van der Waals surface area contributed by atoms with Gasteiger partial charge in [0.15, 0.2) is 5.13 Å². The minimum atomic E-state index is -0.304. The van der Waals surface area contributed by atoms with E-state index < -0.39 is 0 Å². The van der Waals surface area contributed by atoms with E-state index in [-0.39, 0.29) is 17.9 Å². The van der Waals surface area contributed by atoms with E-state index in [0.717, 1.165) is 19.5 Å². The van der Waals surface area contributed by atoms with Gasteiger partial charge in [0.05, 0.1) is 0 Å². The lowest BCUT2D eigenvalue weighted by Gasteiger charge is -2.23. The number of nitrogens with one attached hydrogen (secondary N) is 1. The molecule has 0 radical (unpaired) electrons. The standard InChI is InChI=1S/C17H19ClN4O2S/c1-21-7-6-13(9-21)22(2)16(24)14-10-25-17(19-14)20-15(23)11-4-3-5-12(18)8-11/h3-5,8,10,13H,6-7,9H2,1-2H3,(H,19,20,23). The highest BCUT2D eigenvalue weighted by atomic mass is 35.5. The highest BCUT2D eigenvalue weighted by molar-refractivity contribution is 7.14. The SMILES string of the molecule is CN1CCC(N(C)C(=O)c2csc(NC(=O)c3cccc(Cl)c3)n2)C1. The molecule has 132 valence electrons. The van der Waals surface area contributed by atoms with Crippen LogP contribution in [0, 0.1) is 0 Å². The summed E-state index contributed by atoms with van der Waals surface area (Å²) in [6.45, 7) is 1.85. The summed E-state index contributed by atoms with van der Waals surface area (Å²) in [6.07, 6.45) is 0.960. The number of hydrogen-bond acceptors (Lipinski definition) is 5. The predicted octanol–water partition coefficient (Wildman–Crippen LogP) is 2.82. The van der Waals surface area contributed by atoms with E-state index in [2.05, 4.69) is 15.2 Å². The number of anilines is 1. The third-order valence-electron chi connectivity index (χ3n) is 4.27. The molecule has 1 atom stereocenters. The maximum atomic E-state index is 12.6. The molecule has 0 aliphatic carbocycles. The minimum Gasteiger partial charge on any atom is -0.336 e. The average Bonchev–Trinajstić information content (AvgIpc) is 3.22. The lowest BCUT2D eigenvalue weighted by Crippen LogP contribution is -2.38. The Kier molecular flexibility index (Phi) is 5.36. The van der Waals surface area contributed by atoms with Gasteiger partial charge in [0, 0.05) is 35.6 Å². The monoisotopic (exact) mass is 378 g/mol. The van der Waals surface area contributed by atoms with Crippen LogP contribution in [0.3, 0.4) is 0 Å². The Labute approximate surface area is 155 Å².